The van der Waals surface area contributed by atoms with Crippen LogP contribution < -0.4 is 14.8 Å². The lowest BCUT2D eigenvalue weighted by Gasteiger charge is -2.23. The van der Waals surface area contributed by atoms with Crippen molar-refractivity contribution in [3.63, 3.8) is 0 Å². The lowest BCUT2D eigenvalue weighted by molar-refractivity contribution is 0.326. The van der Waals surface area contributed by atoms with Gasteiger partial charge < -0.3 is 14.8 Å². The summed E-state index contributed by atoms with van der Waals surface area (Å²) in [4.78, 5) is 0. The first-order valence-corrected chi connectivity index (χ1v) is 7.96. The van der Waals surface area contributed by atoms with Crippen LogP contribution in [0.3, 0.4) is 0 Å². The zero-order chi connectivity index (χ0) is 15.1. The van der Waals surface area contributed by atoms with Gasteiger partial charge in [0.05, 0.1) is 12.1 Å². The second kappa shape index (κ2) is 9.98. The molecule has 0 spiro atoms. The average molecular weight is 346 g/mol. The third-order valence-corrected chi connectivity index (χ3v) is 4.12. The quantitative estimate of drug-likeness (QED) is 0.722. The highest BCUT2D eigenvalue weighted by Gasteiger charge is 2.15. The second-order valence-corrected chi connectivity index (χ2v) is 5.83. The number of methoxy groups -OCH3 is 1. The fourth-order valence-electron chi connectivity index (χ4n) is 2.73. The van der Waals surface area contributed by atoms with E-state index in [1.54, 1.807) is 13.2 Å². The van der Waals surface area contributed by atoms with E-state index in [0.29, 0.717) is 29.2 Å². The fraction of sp³-hybridized carbons (Fsp3) is 0.529. The molecule has 0 heterocycles. The molecular formula is C17H25Cl2NO2. The zero-order valence-electron chi connectivity index (χ0n) is 13.1. The van der Waals surface area contributed by atoms with Gasteiger partial charge in [0.1, 0.15) is 6.61 Å². The van der Waals surface area contributed by atoms with Crippen LogP contribution in [0.25, 0.3) is 0 Å². The van der Waals surface area contributed by atoms with Crippen molar-refractivity contribution in [2.24, 2.45) is 0 Å². The molecule has 22 heavy (non-hydrogen) atoms. The SMILES string of the molecule is C=CCOc1c(Cl)cc(CNC2CCCCC2)cc1OC.Cl. The minimum Gasteiger partial charge on any atom is -0.493 e. The highest BCUT2D eigenvalue weighted by Crippen LogP contribution is 2.36. The van der Waals surface area contributed by atoms with Crippen LogP contribution in [-0.4, -0.2) is 19.8 Å². The molecule has 1 aromatic rings. The van der Waals surface area contributed by atoms with E-state index < -0.39 is 0 Å². The molecule has 0 bridgehead atoms. The molecule has 1 aliphatic rings. The molecule has 0 atom stereocenters. The third kappa shape index (κ3) is 5.38. The van der Waals surface area contributed by atoms with Crippen LogP contribution in [-0.2, 0) is 6.54 Å². The molecule has 1 fully saturated rings. The molecule has 1 saturated carbocycles. The first kappa shape index (κ1) is 19.1. The molecular weight excluding hydrogens is 321 g/mol. The maximum absolute atomic E-state index is 6.30. The summed E-state index contributed by atoms with van der Waals surface area (Å²) in [6, 6.07) is 4.55. The maximum Gasteiger partial charge on any atom is 0.180 e. The number of nitrogens with one attached hydrogen (secondary N) is 1. The van der Waals surface area contributed by atoms with E-state index in [0.717, 1.165) is 12.1 Å². The number of benzene rings is 1. The highest BCUT2D eigenvalue weighted by atomic mass is 35.5. The van der Waals surface area contributed by atoms with Crippen LogP contribution in [0, 0.1) is 0 Å². The number of hydrogen-bond donors (Lipinski definition) is 1. The Morgan fingerprint density at radius 3 is 2.68 bits per heavy atom. The first-order chi connectivity index (χ1) is 10.2. The minimum absolute atomic E-state index is 0. The lowest BCUT2D eigenvalue weighted by atomic mass is 9.95. The molecule has 0 saturated heterocycles. The molecule has 5 heteroatoms. The van der Waals surface area contributed by atoms with Crippen molar-refractivity contribution in [1.82, 2.24) is 5.32 Å². The topological polar surface area (TPSA) is 30.5 Å². The normalized spacial score (nSPS) is 15.0. The van der Waals surface area contributed by atoms with Crippen LogP contribution in [0.15, 0.2) is 24.8 Å². The largest absolute Gasteiger partial charge is 0.493 e. The summed E-state index contributed by atoms with van der Waals surface area (Å²) in [6.45, 7) is 4.86. The van der Waals surface area contributed by atoms with E-state index in [4.69, 9.17) is 21.1 Å². The molecule has 1 N–H and O–H groups in total. The van der Waals surface area contributed by atoms with Gasteiger partial charge >= 0.3 is 0 Å². The smallest absolute Gasteiger partial charge is 0.180 e. The van der Waals surface area contributed by atoms with Crippen LogP contribution in [0.1, 0.15) is 37.7 Å². The maximum atomic E-state index is 6.30. The Hall–Kier alpha value is -0.900. The van der Waals surface area contributed by atoms with Gasteiger partial charge in [0.15, 0.2) is 11.5 Å². The van der Waals surface area contributed by atoms with Crippen LogP contribution in [0.4, 0.5) is 0 Å². The third-order valence-electron chi connectivity index (χ3n) is 3.83. The van der Waals surface area contributed by atoms with Gasteiger partial charge in [0.25, 0.3) is 0 Å². The molecule has 0 unspecified atom stereocenters. The standard InChI is InChI=1S/C17H24ClNO2.ClH/c1-3-9-21-17-15(18)10-13(11-16(17)20-2)12-19-14-7-5-4-6-8-14;/h3,10-11,14,19H,1,4-9,12H2,2H3;1H. The molecule has 0 aromatic heterocycles. The zero-order valence-corrected chi connectivity index (χ0v) is 14.6. The minimum atomic E-state index is 0. The summed E-state index contributed by atoms with van der Waals surface area (Å²) in [7, 11) is 1.63. The van der Waals surface area contributed by atoms with Crippen LogP contribution >= 0.6 is 24.0 Å². The molecule has 3 nitrogen and oxygen atoms in total. The van der Waals surface area contributed by atoms with E-state index in [1.165, 1.54) is 32.1 Å². The van der Waals surface area contributed by atoms with Crippen LogP contribution in [0.2, 0.25) is 5.02 Å². The summed E-state index contributed by atoms with van der Waals surface area (Å²) < 4.78 is 10.9. The second-order valence-electron chi connectivity index (χ2n) is 5.42. The molecule has 0 radical (unpaired) electrons. The summed E-state index contributed by atoms with van der Waals surface area (Å²) in [5, 5.41) is 4.19. The van der Waals surface area contributed by atoms with Crippen LogP contribution in [0.5, 0.6) is 11.5 Å². The van der Waals surface area contributed by atoms with Gasteiger partial charge in [-0.05, 0) is 30.5 Å². The predicted molar refractivity (Wildman–Crippen MR) is 94.7 cm³/mol. The van der Waals surface area contributed by atoms with Gasteiger partial charge in [-0.2, -0.15) is 0 Å². The Bertz CT molecular complexity index is 474. The van der Waals surface area contributed by atoms with Gasteiger partial charge in [-0.3, -0.25) is 0 Å². The van der Waals surface area contributed by atoms with Gasteiger partial charge in [-0.25, -0.2) is 0 Å². The van der Waals surface area contributed by atoms with Crippen molar-refractivity contribution in [2.75, 3.05) is 13.7 Å². The molecule has 124 valence electrons. The van der Waals surface area contributed by atoms with Gasteiger partial charge in [0.2, 0.25) is 0 Å². The van der Waals surface area contributed by atoms with E-state index in [-0.39, 0.29) is 12.4 Å². The fourth-order valence-corrected chi connectivity index (χ4v) is 3.01. The Morgan fingerprint density at radius 2 is 2.05 bits per heavy atom. The lowest BCUT2D eigenvalue weighted by Crippen LogP contribution is -2.30. The molecule has 0 aliphatic heterocycles. The summed E-state index contributed by atoms with van der Waals surface area (Å²) in [5.74, 6) is 1.25. The van der Waals surface area contributed by atoms with Crippen molar-refractivity contribution >= 4 is 24.0 Å². The van der Waals surface area contributed by atoms with E-state index in [1.807, 2.05) is 12.1 Å². The van der Waals surface area contributed by atoms with Crippen molar-refractivity contribution in [3.8, 4) is 11.5 Å². The molecule has 0 amide bonds. The van der Waals surface area contributed by atoms with Crippen molar-refractivity contribution in [1.29, 1.82) is 0 Å². The summed E-state index contributed by atoms with van der Waals surface area (Å²) in [5.41, 5.74) is 1.12. The Balaban J connectivity index is 0.00000242. The van der Waals surface area contributed by atoms with Gasteiger partial charge in [0, 0.05) is 12.6 Å². The highest BCUT2D eigenvalue weighted by molar-refractivity contribution is 6.32. The van der Waals surface area contributed by atoms with Crippen molar-refractivity contribution < 1.29 is 9.47 Å². The Morgan fingerprint density at radius 1 is 1.32 bits per heavy atom. The number of hydrogen-bond acceptors (Lipinski definition) is 3. The molecule has 1 aromatic carbocycles. The number of halogens is 2. The predicted octanol–water partition coefficient (Wildman–Crippen LogP) is 4.76. The van der Waals surface area contributed by atoms with Gasteiger partial charge in [-0.15, -0.1) is 12.4 Å². The monoisotopic (exact) mass is 345 g/mol. The first-order valence-electron chi connectivity index (χ1n) is 7.58. The number of rotatable bonds is 7. The number of ether oxygens (including phenoxy) is 2. The van der Waals surface area contributed by atoms with Crippen molar-refractivity contribution in [3.05, 3.63) is 35.4 Å². The van der Waals surface area contributed by atoms with E-state index >= 15 is 0 Å². The molecule has 2 rings (SSSR count). The molecule has 1 aliphatic carbocycles. The average Bonchev–Trinajstić information content (AvgIpc) is 2.52. The Labute approximate surface area is 144 Å². The summed E-state index contributed by atoms with van der Waals surface area (Å²) in [6.07, 6.45) is 8.25. The summed E-state index contributed by atoms with van der Waals surface area (Å²) >= 11 is 6.30. The van der Waals surface area contributed by atoms with E-state index in [2.05, 4.69) is 11.9 Å². The Kier molecular flexibility index (Phi) is 8.69. The van der Waals surface area contributed by atoms with Crippen molar-refractivity contribution in [2.45, 2.75) is 44.7 Å². The van der Waals surface area contributed by atoms with Gasteiger partial charge in [-0.1, -0.05) is 43.5 Å². The van der Waals surface area contributed by atoms with E-state index in [9.17, 15) is 0 Å².